The maximum atomic E-state index is 11.4. The molecular weight excluding hydrogens is 390 g/mol. The fraction of sp³-hybridized carbons (Fsp3) is 0.846. The van der Waals surface area contributed by atoms with E-state index in [1.54, 1.807) is 0 Å². The third-order valence-corrected chi connectivity index (χ3v) is 6.47. The first-order valence-corrected chi connectivity index (χ1v) is 13.4. The molecule has 1 radical (unpaired) electrons. The van der Waals surface area contributed by atoms with E-state index in [2.05, 4.69) is 0 Å². The second-order valence-electron chi connectivity index (χ2n) is 8.94. The highest BCUT2D eigenvalue weighted by molar-refractivity contribution is 7.80. The number of hydrogen-bond donors (Lipinski definition) is 0. The smallest absolute Gasteiger partial charge is 0.253 e. The van der Waals surface area contributed by atoms with Crippen molar-refractivity contribution in [2.24, 2.45) is 0 Å². The second kappa shape index (κ2) is 20.2. The summed E-state index contributed by atoms with van der Waals surface area (Å²) in [4.78, 5) is 24.2. The lowest BCUT2D eigenvalue weighted by molar-refractivity contribution is -0.136. The Balaban J connectivity index is 1.68. The number of rotatable bonds is 22. The van der Waals surface area contributed by atoms with Crippen LogP contribution in [-0.2, 0) is 9.59 Å². The van der Waals surface area contributed by atoms with Gasteiger partial charge in [0.15, 0.2) is 0 Å². The summed E-state index contributed by atoms with van der Waals surface area (Å²) in [5.74, 6) is 0.642. The summed E-state index contributed by atoms with van der Waals surface area (Å²) < 4.78 is 0. The molecule has 30 heavy (non-hydrogen) atoms. The molecule has 173 valence electrons. The summed E-state index contributed by atoms with van der Waals surface area (Å²) in [6, 6.07) is 0. The van der Waals surface area contributed by atoms with Crippen LogP contribution >= 0.6 is 12.6 Å². The molecule has 0 N–H and O–H groups in total. The van der Waals surface area contributed by atoms with Gasteiger partial charge in [-0.25, -0.2) is 0 Å². The van der Waals surface area contributed by atoms with E-state index < -0.39 is 0 Å². The molecule has 0 saturated heterocycles. The van der Waals surface area contributed by atoms with Crippen LogP contribution in [0.4, 0.5) is 0 Å². The van der Waals surface area contributed by atoms with Gasteiger partial charge in [0.1, 0.15) is 0 Å². The molecule has 0 fully saturated rings. The van der Waals surface area contributed by atoms with Crippen molar-refractivity contribution in [3.63, 3.8) is 0 Å². The van der Waals surface area contributed by atoms with Gasteiger partial charge in [-0.1, -0.05) is 128 Å². The van der Waals surface area contributed by atoms with E-state index >= 15 is 0 Å². The van der Waals surface area contributed by atoms with Gasteiger partial charge in [0.2, 0.25) is 0 Å². The monoisotopic (exact) mass is 436 g/mol. The van der Waals surface area contributed by atoms with Crippen LogP contribution < -0.4 is 0 Å². The standard InChI is InChI=1S/C26H46NO2S/c28-25-21-22-26(29)27(25)23-19-17-15-13-11-9-7-5-3-1-2-4-6-8-10-12-14-16-18-20-24-30/h21-22H,1-20,23-24H2. The lowest BCUT2D eigenvalue weighted by Crippen LogP contribution is -2.30. The second-order valence-corrected chi connectivity index (χ2v) is 9.34. The minimum atomic E-state index is -0.148. The Morgan fingerprint density at radius 3 is 1.03 bits per heavy atom. The zero-order valence-electron chi connectivity index (χ0n) is 19.4. The SMILES string of the molecule is O=C1C=CC(=O)N1CCCCCCCCCCCCCCCCCCCCCC[S]. The molecule has 3 nitrogen and oxygen atoms in total. The quantitative estimate of drug-likeness (QED) is 0.128. The molecule has 0 aromatic rings. The first-order valence-electron chi connectivity index (χ1n) is 12.9. The fourth-order valence-electron chi connectivity index (χ4n) is 4.21. The van der Waals surface area contributed by atoms with E-state index in [9.17, 15) is 9.59 Å². The minimum absolute atomic E-state index is 0.148. The average molecular weight is 437 g/mol. The maximum absolute atomic E-state index is 11.4. The van der Waals surface area contributed by atoms with Gasteiger partial charge in [0.25, 0.3) is 11.8 Å². The zero-order chi connectivity index (χ0) is 21.7. The van der Waals surface area contributed by atoms with Crippen molar-refractivity contribution in [3.8, 4) is 0 Å². The van der Waals surface area contributed by atoms with Crippen molar-refractivity contribution in [1.82, 2.24) is 4.90 Å². The molecule has 0 bridgehead atoms. The molecule has 1 aliphatic heterocycles. The average Bonchev–Trinajstić information content (AvgIpc) is 3.06. The normalized spacial score (nSPS) is 13.7. The predicted molar refractivity (Wildman–Crippen MR) is 131 cm³/mol. The highest BCUT2D eigenvalue weighted by Crippen LogP contribution is 2.15. The van der Waals surface area contributed by atoms with Crippen LogP contribution in [0.2, 0.25) is 0 Å². The molecule has 2 amide bonds. The van der Waals surface area contributed by atoms with Crippen LogP contribution in [-0.4, -0.2) is 29.0 Å². The van der Waals surface area contributed by atoms with Crippen LogP contribution in [0.1, 0.15) is 128 Å². The van der Waals surface area contributed by atoms with Crippen LogP contribution in [0.3, 0.4) is 0 Å². The number of carbonyl (C=O) groups excluding carboxylic acids is 2. The van der Waals surface area contributed by atoms with Gasteiger partial charge in [0, 0.05) is 24.4 Å². The third kappa shape index (κ3) is 15.1. The summed E-state index contributed by atoms with van der Waals surface area (Å²) in [6.07, 6.45) is 29.6. The van der Waals surface area contributed by atoms with Gasteiger partial charge >= 0.3 is 0 Å². The van der Waals surface area contributed by atoms with Crippen molar-refractivity contribution >= 4 is 24.4 Å². The number of carbonyl (C=O) groups is 2. The van der Waals surface area contributed by atoms with Crippen molar-refractivity contribution in [3.05, 3.63) is 12.2 Å². The molecule has 0 aromatic carbocycles. The predicted octanol–water partition coefficient (Wildman–Crippen LogP) is 7.91. The first-order chi connectivity index (χ1) is 14.8. The van der Waals surface area contributed by atoms with Gasteiger partial charge in [-0.3, -0.25) is 14.5 Å². The molecule has 0 aliphatic carbocycles. The first kappa shape index (κ1) is 27.3. The van der Waals surface area contributed by atoms with Gasteiger partial charge in [0.05, 0.1) is 0 Å². The summed E-state index contributed by atoms with van der Waals surface area (Å²) in [5, 5.41) is 0. The topological polar surface area (TPSA) is 37.4 Å². The Hall–Kier alpha value is -0.770. The van der Waals surface area contributed by atoms with Crippen molar-refractivity contribution < 1.29 is 9.59 Å². The number of unbranched alkanes of at least 4 members (excludes halogenated alkanes) is 19. The van der Waals surface area contributed by atoms with E-state index in [1.165, 1.54) is 133 Å². The molecule has 4 heteroatoms. The summed E-state index contributed by atoms with van der Waals surface area (Å²) in [6.45, 7) is 0.584. The number of amides is 2. The van der Waals surface area contributed by atoms with Crippen LogP contribution in [0.15, 0.2) is 12.2 Å². The van der Waals surface area contributed by atoms with Crippen molar-refractivity contribution in [1.29, 1.82) is 0 Å². The summed E-state index contributed by atoms with van der Waals surface area (Å²) in [5.41, 5.74) is 0. The minimum Gasteiger partial charge on any atom is -0.275 e. The molecule has 1 aliphatic rings. The van der Waals surface area contributed by atoms with E-state index in [-0.39, 0.29) is 11.8 Å². The summed E-state index contributed by atoms with van der Waals surface area (Å²) >= 11 is 4.98. The van der Waals surface area contributed by atoms with E-state index in [0.717, 1.165) is 18.6 Å². The van der Waals surface area contributed by atoms with Gasteiger partial charge in [-0.15, -0.1) is 0 Å². The molecule has 0 atom stereocenters. The Morgan fingerprint density at radius 1 is 0.467 bits per heavy atom. The molecular formula is C26H46NO2S. The maximum Gasteiger partial charge on any atom is 0.253 e. The van der Waals surface area contributed by atoms with Crippen LogP contribution in [0.5, 0.6) is 0 Å². The van der Waals surface area contributed by atoms with Crippen LogP contribution in [0.25, 0.3) is 0 Å². The Kier molecular flexibility index (Phi) is 18.3. The van der Waals surface area contributed by atoms with E-state index in [4.69, 9.17) is 12.6 Å². The largest absolute Gasteiger partial charge is 0.275 e. The Bertz CT molecular complexity index is 446. The lowest BCUT2D eigenvalue weighted by atomic mass is 10.0. The Morgan fingerprint density at radius 2 is 0.733 bits per heavy atom. The van der Waals surface area contributed by atoms with Crippen molar-refractivity contribution in [2.75, 3.05) is 12.3 Å². The van der Waals surface area contributed by atoms with Crippen LogP contribution in [0, 0.1) is 0 Å². The number of imide groups is 1. The molecule has 0 saturated carbocycles. The lowest BCUT2D eigenvalue weighted by Gasteiger charge is -2.12. The van der Waals surface area contributed by atoms with E-state index in [1.807, 2.05) is 0 Å². The zero-order valence-corrected chi connectivity index (χ0v) is 20.2. The highest BCUT2D eigenvalue weighted by Gasteiger charge is 2.21. The van der Waals surface area contributed by atoms with E-state index in [0.29, 0.717) is 6.54 Å². The highest BCUT2D eigenvalue weighted by atomic mass is 32.1. The van der Waals surface area contributed by atoms with Gasteiger partial charge in [-0.2, -0.15) is 0 Å². The van der Waals surface area contributed by atoms with Gasteiger partial charge in [-0.05, 0) is 12.8 Å². The molecule has 0 unspecified atom stereocenters. The molecule has 0 spiro atoms. The number of hydrogen-bond acceptors (Lipinski definition) is 2. The molecule has 0 aromatic heterocycles. The number of nitrogens with zero attached hydrogens (tertiary/aromatic N) is 1. The van der Waals surface area contributed by atoms with Crippen molar-refractivity contribution in [2.45, 2.75) is 128 Å². The summed E-state index contributed by atoms with van der Waals surface area (Å²) in [7, 11) is 0. The van der Waals surface area contributed by atoms with Gasteiger partial charge < -0.3 is 0 Å². The molecule has 1 heterocycles. The third-order valence-electron chi connectivity index (χ3n) is 6.18. The molecule has 1 rings (SSSR count). The fourth-order valence-corrected chi connectivity index (χ4v) is 4.41. The Labute approximate surface area is 191 Å².